The van der Waals surface area contributed by atoms with Crippen molar-refractivity contribution in [2.45, 2.75) is 6.54 Å². The number of phenols is 1. The van der Waals surface area contributed by atoms with Crippen molar-refractivity contribution < 1.29 is 9.50 Å². The van der Waals surface area contributed by atoms with E-state index >= 15 is 0 Å². The van der Waals surface area contributed by atoms with Crippen molar-refractivity contribution in [1.82, 2.24) is 0 Å². The van der Waals surface area contributed by atoms with Crippen LogP contribution in [0.25, 0.3) is 0 Å². The number of benzene rings is 1. The van der Waals surface area contributed by atoms with E-state index in [1.54, 1.807) is 0 Å². The second-order valence-electron chi connectivity index (χ2n) is 2.21. The van der Waals surface area contributed by atoms with E-state index in [-0.39, 0.29) is 17.8 Å². The topological polar surface area (TPSA) is 46.2 Å². The Morgan fingerprint density at radius 3 is 2.73 bits per heavy atom. The lowest BCUT2D eigenvalue weighted by molar-refractivity contribution is 0.463. The van der Waals surface area contributed by atoms with E-state index in [0.717, 1.165) is 6.07 Å². The van der Waals surface area contributed by atoms with Gasteiger partial charge in [0.25, 0.3) is 0 Å². The summed E-state index contributed by atoms with van der Waals surface area (Å²) in [7, 11) is 5.22. The van der Waals surface area contributed by atoms with Gasteiger partial charge in [0.2, 0.25) is 0 Å². The molecule has 0 saturated heterocycles. The minimum Gasteiger partial charge on any atom is -0.508 e. The molecule has 1 aromatic rings. The Morgan fingerprint density at radius 2 is 2.18 bits per heavy atom. The molecule has 56 valence electrons. The van der Waals surface area contributed by atoms with E-state index in [1.807, 2.05) is 0 Å². The fourth-order valence-electron chi connectivity index (χ4n) is 0.790. The third-order valence-corrected chi connectivity index (χ3v) is 1.42. The van der Waals surface area contributed by atoms with Crippen LogP contribution in [0.3, 0.4) is 0 Å². The Bertz CT molecular complexity index is 277. The van der Waals surface area contributed by atoms with Gasteiger partial charge < -0.3 is 10.8 Å². The molecule has 2 nitrogen and oxygen atoms in total. The highest BCUT2D eigenvalue weighted by Gasteiger charge is 2.03. The zero-order valence-corrected chi connectivity index (χ0v) is 5.84. The second kappa shape index (κ2) is 2.92. The minimum atomic E-state index is -0.625. The predicted octanol–water partition coefficient (Wildman–Crippen LogP) is -0.216. The zero-order valence-electron chi connectivity index (χ0n) is 5.84. The van der Waals surface area contributed by atoms with Crippen molar-refractivity contribution in [1.29, 1.82) is 0 Å². The van der Waals surface area contributed by atoms with Crippen LogP contribution in [-0.4, -0.2) is 13.0 Å². The van der Waals surface area contributed by atoms with Crippen LogP contribution in [0.4, 0.5) is 4.39 Å². The maximum atomic E-state index is 12.6. The predicted molar refractivity (Wildman–Crippen MR) is 41.3 cm³/mol. The molecule has 11 heavy (non-hydrogen) atoms. The molecule has 3 N–H and O–H groups in total. The van der Waals surface area contributed by atoms with Crippen molar-refractivity contribution in [3.05, 3.63) is 23.5 Å². The molecule has 0 unspecified atom stereocenters. The standard InChI is InChI=1S/C7H7BFNO/c8-5-1-4(3-10)7(11)2-6(5)9/h1-2,11H,3,10H2. The van der Waals surface area contributed by atoms with Gasteiger partial charge in [0.1, 0.15) is 19.4 Å². The first-order valence-corrected chi connectivity index (χ1v) is 3.12. The van der Waals surface area contributed by atoms with Gasteiger partial charge in [0.15, 0.2) is 0 Å². The highest BCUT2D eigenvalue weighted by atomic mass is 19.1. The summed E-state index contributed by atoms with van der Waals surface area (Å²) in [4.78, 5) is 0. The summed E-state index contributed by atoms with van der Waals surface area (Å²) in [6.07, 6.45) is 0. The van der Waals surface area contributed by atoms with E-state index in [4.69, 9.17) is 18.7 Å². The fourth-order valence-corrected chi connectivity index (χ4v) is 0.790. The Labute approximate surface area is 65.2 Å². The minimum absolute atomic E-state index is 0.00301. The Kier molecular flexibility index (Phi) is 2.15. The maximum Gasteiger partial charge on any atom is 0.122 e. The van der Waals surface area contributed by atoms with Gasteiger partial charge >= 0.3 is 0 Å². The van der Waals surface area contributed by atoms with Gasteiger partial charge in [-0.15, -0.1) is 0 Å². The van der Waals surface area contributed by atoms with E-state index in [0.29, 0.717) is 5.56 Å². The Morgan fingerprint density at radius 1 is 1.55 bits per heavy atom. The molecule has 0 aliphatic rings. The molecule has 0 atom stereocenters. The average molecular weight is 151 g/mol. The van der Waals surface area contributed by atoms with Gasteiger partial charge in [-0.05, 0) is 0 Å². The number of aromatic hydroxyl groups is 1. The molecule has 0 spiro atoms. The first kappa shape index (κ1) is 8.08. The van der Waals surface area contributed by atoms with Crippen LogP contribution in [0.5, 0.6) is 5.75 Å². The third kappa shape index (κ3) is 1.52. The third-order valence-electron chi connectivity index (χ3n) is 1.42. The molecular weight excluding hydrogens is 144 g/mol. The van der Waals surface area contributed by atoms with Crippen LogP contribution in [-0.2, 0) is 6.54 Å². The number of halogens is 1. The largest absolute Gasteiger partial charge is 0.508 e. The van der Waals surface area contributed by atoms with E-state index < -0.39 is 5.82 Å². The molecule has 0 bridgehead atoms. The van der Waals surface area contributed by atoms with Gasteiger partial charge in [0.05, 0.1) is 0 Å². The van der Waals surface area contributed by atoms with Crippen molar-refractivity contribution in [2.24, 2.45) is 5.73 Å². The molecule has 0 amide bonds. The molecule has 0 heterocycles. The van der Waals surface area contributed by atoms with Gasteiger partial charge in [-0.3, -0.25) is 0 Å². The van der Waals surface area contributed by atoms with Crippen molar-refractivity contribution >= 4 is 13.3 Å². The Hall–Kier alpha value is -1.03. The lowest BCUT2D eigenvalue weighted by Crippen LogP contribution is -2.11. The SMILES string of the molecule is [B]c1cc(CN)c(O)cc1F. The first-order chi connectivity index (χ1) is 5.15. The van der Waals surface area contributed by atoms with E-state index in [9.17, 15) is 4.39 Å². The normalized spacial score (nSPS) is 10.0. The van der Waals surface area contributed by atoms with Crippen LogP contribution in [0.2, 0.25) is 0 Å². The molecule has 0 fully saturated rings. The van der Waals surface area contributed by atoms with Crippen molar-refractivity contribution in [2.75, 3.05) is 0 Å². The maximum absolute atomic E-state index is 12.6. The van der Waals surface area contributed by atoms with Crippen LogP contribution in [0, 0.1) is 5.82 Å². The van der Waals surface area contributed by atoms with Crippen LogP contribution < -0.4 is 11.2 Å². The van der Waals surface area contributed by atoms with Gasteiger partial charge in [-0.2, -0.15) is 0 Å². The summed E-state index contributed by atoms with van der Waals surface area (Å²) in [5.41, 5.74) is 5.68. The molecule has 0 saturated carbocycles. The van der Waals surface area contributed by atoms with Crippen molar-refractivity contribution in [3.63, 3.8) is 0 Å². The average Bonchev–Trinajstić information content (AvgIpc) is 1.97. The lowest BCUT2D eigenvalue weighted by Gasteiger charge is -2.03. The molecule has 2 radical (unpaired) electrons. The fraction of sp³-hybridized carbons (Fsp3) is 0.143. The second-order valence-corrected chi connectivity index (χ2v) is 2.21. The lowest BCUT2D eigenvalue weighted by atomic mass is 9.93. The molecule has 1 aromatic carbocycles. The molecule has 4 heteroatoms. The summed E-state index contributed by atoms with van der Waals surface area (Å²) < 4.78 is 12.6. The van der Waals surface area contributed by atoms with Crippen LogP contribution >= 0.6 is 0 Å². The quantitative estimate of drug-likeness (QED) is 0.545. The summed E-state index contributed by atoms with van der Waals surface area (Å²) in [5, 5.41) is 9.04. The van der Waals surface area contributed by atoms with Crippen LogP contribution in [0.1, 0.15) is 5.56 Å². The highest BCUT2D eigenvalue weighted by Crippen LogP contribution is 2.15. The summed E-state index contributed by atoms with van der Waals surface area (Å²) in [6.45, 7) is 0.149. The van der Waals surface area contributed by atoms with E-state index in [2.05, 4.69) is 0 Å². The highest BCUT2D eigenvalue weighted by molar-refractivity contribution is 6.32. The molecule has 0 aromatic heterocycles. The molecule has 0 aliphatic heterocycles. The summed E-state index contributed by atoms with van der Waals surface area (Å²) in [5.74, 6) is -0.779. The van der Waals surface area contributed by atoms with Gasteiger partial charge in [-0.1, -0.05) is 11.5 Å². The monoisotopic (exact) mass is 151 g/mol. The van der Waals surface area contributed by atoms with Crippen molar-refractivity contribution in [3.8, 4) is 5.75 Å². The molecular formula is C7H7BFNO. The Balaban J connectivity index is 3.21. The number of hydrogen-bond acceptors (Lipinski definition) is 2. The first-order valence-electron chi connectivity index (χ1n) is 3.12. The number of rotatable bonds is 1. The number of phenolic OH excluding ortho intramolecular Hbond substituents is 1. The van der Waals surface area contributed by atoms with Crippen LogP contribution in [0.15, 0.2) is 12.1 Å². The molecule has 1 rings (SSSR count). The van der Waals surface area contributed by atoms with Gasteiger partial charge in [0, 0.05) is 18.2 Å². The summed E-state index contributed by atoms with van der Waals surface area (Å²) >= 11 is 0. The summed E-state index contributed by atoms with van der Waals surface area (Å²) in [6, 6.07) is 2.28. The zero-order chi connectivity index (χ0) is 8.43. The van der Waals surface area contributed by atoms with Gasteiger partial charge in [-0.25, -0.2) is 4.39 Å². The number of nitrogens with two attached hydrogens (primary N) is 1. The molecule has 0 aliphatic carbocycles. The number of hydrogen-bond donors (Lipinski definition) is 2. The van der Waals surface area contributed by atoms with E-state index in [1.165, 1.54) is 6.07 Å². The smallest absolute Gasteiger partial charge is 0.122 e.